The number of hydrogen-bond acceptors (Lipinski definition) is 3. The first kappa shape index (κ1) is 15.0. The lowest BCUT2D eigenvalue weighted by Gasteiger charge is -2.22. The van der Waals surface area contributed by atoms with E-state index in [1.165, 1.54) is 0 Å². The SMILES string of the molecule is CN(CCC(=O)Nc1ccccc1)CC1CCCC1O. The van der Waals surface area contributed by atoms with Crippen molar-refractivity contribution in [2.45, 2.75) is 31.8 Å². The molecule has 0 aliphatic heterocycles. The molecule has 1 saturated carbocycles. The lowest BCUT2D eigenvalue weighted by Crippen LogP contribution is -2.32. The highest BCUT2D eigenvalue weighted by molar-refractivity contribution is 5.90. The molecule has 0 aromatic heterocycles. The molecule has 0 saturated heterocycles. The van der Waals surface area contributed by atoms with Crippen LogP contribution in [0.4, 0.5) is 5.69 Å². The lowest BCUT2D eigenvalue weighted by molar-refractivity contribution is -0.116. The second kappa shape index (κ2) is 7.41. The minimum Gasteiger partial charge on any atom is -0.393 e. The molecule has 0 bridgehead atoms. The van der Waals surface area contributed by atoms with Crippen molar-refractivity contribution in [1.82, 2.24) is 4.90 Å². The zero-order chi connectivity index (χ0) is 14.4. The maximum atomic E-state index is 11.8. The Kier molecular flexibility index (Phi) is 5.56. The van der Waals surface area contributed by atoms with E-state index in [0.717, 1.165) is 38.0 Å². The highest BCUT2D eigenvalue weighted by Crippen LogP contribution is 2.25. The van der Waals surface area contributed by atoms with E-state index in [-0.39, 0.29) is 12.0 Å². The fraction of sp³-hybridized carbons (Fsp3) is 0.562. The molecule has 1 aliphatic carbocycles. The average Bonchev–Trinajstić information content (AvgIpc) is 2.83. The molecule has 20 heavy (non-hydrogen) atoms. The van der Waals surface area contributed by atoms with Crippen LogP contribution in [0.1, 0.15) is 25.7 Å². The van der Waals surface area contributed by atoms with E-state index in [4.69, 9.17) is 0 Å². The van der Waals surface area contributed by atoms with Gasteiger partial charge in [0.15, 0.2) is 0 Å². The number of amides is 1. The molecular formula is C16H24N2O2. The van der Waals surface area contributed by atoms with Crippen LogP contribution >= 0.6 is 0 Å². The van der Waals surface area contributed by atoms with Crippen LogP contribution < -0.4 is 5.32 Å². The zero-order valence-corrected chi connectivity index (χ0v) is 12.1. The maximum absolute atomic E-state index is 11.8. The van der Waals surface area contributed by atoms with E-state index in [2.05, 4.69) is 10.2 Å². The average molecular weight is 276 g/mol. The summed E-state index contributed by atoms with van der Waals surface area (Å²) in [7, 11) is 2.01. The molecule has 2 N–H and O–H groups in total. The summed E-state index contributed by atoms with van der Waals surface area (Å²) in [5.41, 5.74) is 0.839. The van der Waals surface area contributed by atoms with Gasteiger partial charge in [-0.3, -0.25) is 4.79 Å². The maximum Gasteiger partial charge on any atom is 0.225 e. The monoisotopic (exact) mass is 276 g/mol. The topological polar surface area (TPSA) is 52.6 Å². The first-order chi connectivity index (χ1) is 9.65. The van der Waals surface area contributed by atoms with Crippen molar-refractivity contribution < 1.29 is 9.90 Å². The Bertz CT molecular complexity index is 422. The number of para-hydroxylation sites is 1. The van der Waals surface area contributed by atoms with Crippen molar-refractivity contribution in [2.75, 3.05) is 25.5 Å². The number of aliphatic hydroxyl groups excluding tert-OH is 1. The molecule has 1 aromatic carbocycles. The Balaban J connectivity index is 1.67. The molecule has 4 heteroatoms. The Labute approximate surface area is 120 Å². The molecule has 2 rings (SSSR count). The smallest absolute Gasteiger partial charge is 0.225 e. The molecule has 4 nitrogen and oxygen atoms in total. The van der Waals surface area contributed by atoms with Gasteiger partial charge in [-0.25, -0.2) is 0 Å². The quantitative estimate of drug-likeness (QED) is 0.836. The minimum atomic E-state index is -0.157. The van der Waals surface area contributed by atoms with E-state index in [1.807, 2.05) is 37.4 Å². The number of carbonyl (C=O) groups excluding carboxylic acids is 1. The van der Waals surface area contributed by atoms with E-state index in [1.54, 1.807) is 0 Å². The minimum absolute atomic E-state index is 0.0371. The lowest BCUT2D eigenvalue weighted by atomic mass is 10.1. The van der Waals surface area contributed by atoms with Gasteiger partial charge in [-0.05, 0) is 37.9 Å². The van der Waals surface area contributed by atoms with Gasteiger partial charge in [-0.1, -0.05) is 24.6 Å². The third-order valence-electron chi connectivity index (χ3n) is 3.94. The number of nitrogens with one attached hydrogen (secondary N) is 1. The third-order valence-corrected chi connectivity index (χ3v) is 3.94. The normalized spacial score (nSPS) is 22.1. The van der Waals surface area contributed by atoms with Gasteiger partial charge in [0.2, 0.25) is 5.91 Å². The van der Waals surface area contributed by atoms with Gasteiger partial charge >= 0.3 is 0 Å². The van der Waals surface area contributed by atoms with Gasteiger partial charge < -0.3 is 15.3 Å². The highest BCUT2D eigenvalue weighted by atomic mass is 16.3. The Hall–Kier alpha value is -1.39. The summed E-state index contributed by atoms with van der Waals surface area (Å²) in [6, 6.07) is 9.51. The second-order valence-corrected chi connectivity index (χ2v) is 5.68. The van der Waals surface area contributed by atoms with Crippen LogP contribution in [0.3, 0.4) is 0 Å². The van der Waals surface area contributed by atoms with Gasteiger partial charge in [0.1, 0.15) is 0 Å². The van der Waals surface area contributed by atoms with Crippen molar-refractivity contribution in [3.8, 4) is 0 Å². The van der Waals surface area contributed by atoms with Crippen LogP contribution in [0.15, 0.2) is 30.3 Å². The molecular weight excluding hydrogens is 252 g/mol. The summed E-state index contributed by atoms with van der Waals surface area (Å²) in [6.45, 7) is 1.60. The predicted molar refractivity (Wildman–Crippen MR) is 80.5 cm³/mol. The zero-order valence-electron chi connectivity index (χ0n) is 12.1. The van der Waals surface area contributed by atoms with E-state index < -0.39 is 0 Å². The molecule has 1 amide bonds. The van der Waals surface area contributed by atoms with Crippen molar-refractivity contribution in [3.05, 3.63) is 30.3 Å². The molecule has 0 heterocycles. The van der Waals surface area contributed by atoms with Gasteiger partial charge in [-0.2, -0.15) is 0 Å². The van der Waals surface area contributed by atoms with Crippen LogP contribution in [0.25, 0.3) is 0 Å². The standard InChI is InChI=1S/C16H24N2O2/c1-18(12-13-6-5-9-15(13)19)11-10-16(20)17-14-7-3-2-4-8-14/h2-4,7-8,13,15,19H,5-6,9-12H2,1H3,(H,17,20). The Morgan fingerprint density at radius 1 is 1.35 bits per heavy atom. The number of anilines is 1. The van der Waals surface area contributed by atoms with Crippen molar-refractivity contribution in [3.63, 3.8) is 0 Å². The third kappa shape index (κ3) is 4.62. The number of nitrogens with zero attached hydrogens (tertiary/aromatic N) is 1. The van der Waals surface area contributed by atoms with E-state index in [0.29, 0.717) is 12.3 Å². The van der Waals surface area contributed by atoms with Gasteiger partial charge in [0.25, 0.3) is 0 Å². The second-order valence-electron chi connectivity index (χ2n) is 5.68. The molecule has 0 spiro atoms. The summed E-state index contributed by atoms with van der Waals surface area (Å²) in [5, 5.41) is 12.7. The fourth-order valence-corrected chi connectivity index (χ4v) is 2.76. The van der Waals surface area contributed by atoms with Crippen molar-refractivity contribution in [2.24, 2.45) is 5.92 Å². The van der Waals surface area contributed by atoms with Gasteiger partial charge in [0, 0.05) is 25.2 Å². The molecule has 110 valence electrons. The summed E-state index contributed by atoms with van der Waals surface area (Å²) in [5.74, 6) is 0.409. The molecule has 2 unspecified atom stereocenters. The molecule has 1 fully saturated rings. The van der Waals surface area contributed by atoms with Crippen LogP contribution in [-0.2, 0) is 4.79 Å². The summed E-state index contributed by atoms with van der Waals surface area (Å²) >= 11 is 0. The summed E-state index contributed by atoms with van der Waals surface area (Å²) in [6.07, 6.45) is 3.47. The molecule has 2 atom stereocenters. The molecule has 1 aliphatic rings. The van der Waals surface area contributed by atoms with E-state index in [9.17, 15) is 9.90 Å². The molecule has 1 aromatic rings. The first-order valence-corrected chi connectivity index (χ1v) is 7.36. The predicted octanol–water partition coefficient (Wildman–Crippen LogP) is 2.11. The van der Waals surface area contributed by atoms with E-state index >= 15 is 0 Å². The van der Waals surface area contributed by atoms with Crippen LogP contribution in [0.5, 0.6) is 0 Å². The Morgan fingerprint density at radius 2 is 2.10 bits per heavy atom. The summed E-state index contributed by atoms with van der Waals surface area (Å²) < 4.78 is 0. The Morgan fingerprint density at radius 3 is 2.75 bits per heavy atom. The largest absolute Gasteiger partial charge is 0.393 e. The van der Waals surface area contributed by atoms with Gasteiger partial charge in [-0.15, -0.1) is 0 Å². The number of hydrogen-bond donors (Lipinski definition) is 2. The first-order valence-electron chi connectivity index (χ1n) is 7.36. The molecule has 0 radical (unpaired) electrons. The fourth-order valence-electron chi connectivity index (χ4n) is 2.76. The number of aliphatic hydroxyl groups is 1. The number of rotatable bonds is 6. The van der Waals surface area contributed by atoms with Crippen LogP contribution in [0, 0.1) is 5.92 Å². The van der Waals surface area contributed by atoms with Crippen LogP contribution in [-0.4, -0.2) is 42.2 Å². The van der Waals surface area contributed by atoms with Gasteiger partial charge in [0.05, 0.1) is 6.10 Å². The van der Waals surface area contributed by atoms with Crippen molar-refractivity contribution >= 4 is 11.6 Å². The van der Waals surface area contributed by atoms with Crippen LogP contribution in [0.2, 0.25) is 0 Å². The number of carbonyl (C=O) groups is 1. The summed E-state index contributed by atoms with van der Waals surface area (Å²) in [4.78, 5) is 14.0. The van der Waals surface area contributed by atoms with Crippen molar-refractivity contribution in [1.29, 1.82) is 0 Å². The number of benzene rings is 1. The highest BCUT2D eigenvalue weighted by Gasteiger charge is 2.26.